The van der Waals surface area contributed by atoms with Crippen molar-refractivity contribution in [1.82, 2.24) is 4.90 Å². The van der Waals surface area contributed by atoms with E-state index in [-0.39, 0.29) is 0 Å². The first-order chi connectivity index (χ1) is 12.0. The Hall–Kier alpha value is -1.54. The molecule has 2 nitrogen and oxygen atoms in total. The van der Waals surface area contributed by atoms with Gasteiger partial charge in [0.25, 0.3) is 0 Å². The fraction of sp³-hybridized carbons (Fsp3) is 0.565. The zero-order chi connectivity index (χ0) is 18.4. The van der Waals surface area contributed by atoms with Crippen molar-refractivity contribution < 1.29 is 0 Å². The van der Waals surface area contributed by atoms with Gasteiger partial charge in [-0.1, -0.05) is 62.3 Å². The van der Waals surface area contributed by atoms with Gasteiger partial charge >= 0.3 is 0 Å². The molecule has 1 aliphatic heterocycles. The Balaban J connectivity index is 2.39. The normalized spacial score (nSPS) is 20.8. The van der Waals surface area contributed by atoms with Gasteiger partial charge in [0.2, 0.25) is 0 Å². The summed E-state index contributed by atoms with van der Waals surface area (Å²) >= 11 is 0. The maximum absolute atomic E-state index is 2.67. The second kappa shape index (κ2) is 9.24. The number of nitrogens with zero attached hydrogens (tertiary/aromatic N) is 2. The highest BCUT2D eigenvalue weighted by atomic mass is 15.2. The number of allylic oxidation sites excluding steroid dienone is 3. The molecule has 0 radical (unpaired) electrons. The summed E-state index contributed by atoms with van der Waals surface area (Å²) in [5.41, 5.74) is 5.88. The van der Waals surface area contributed by atoms with Crippen LogP contribution < -0.4 is 4.90 Å². The molecule has 0 aliphatic carbocycles. The van der Waals surface area contributed by atoms with Crippen LogP contribution in [0.4, 0.5) is 5.69 Å². The predicted molar refractivity (Wildman–Crippen MR) is 112 cm³/mol. The number of anilines is 1. The molecule has 0 bridgehead atoms. The van der Waals surface area contributed by atoms with E-state index < -0.39 is 0 Å². The van der Waals surface area contributed by atoms with E-state index in [9.17, 15) is 0 Å². The molecular formula is C23H36N2. The molecule has 2 unspecified atom stereocenters. The van der Waals surface area contributed by atoms with Crippen molar-refractivity contribution in [3.8, 4) is 0 Å². The number of fused-ring (bicyclic) bond motifs is 1. The SMILES string of the molecule is C/C=C\C=C(/CC)CN1c2ccc(C)cc2C(CN(C)CC)C1CC. The van der Waals surface area contributed by atoms with Crippen LogP contribution in [-0.2, 0) is 0 Å². The first kappa shape index (κ1) is 19.8. The quantitative estimate of drug-likeness (QED) is 0.573. The van der Waals surface area contributed by atoms with Crippen molar-refractivity contribution in [2.75, 3.05) is 31.6 Å². The second-order valence-corrected chi connectivity index (χ2v) is 7.33. The highest BCUT2D eigenvalue weighted by Gasteiger charge is 2.37. The summed E-state index contributed by atoms with van der Waals surface area (Å²) < 4.78 is 0. The van der Waals surface area contributed by atoms with Crippen LogP contribution in [0, 0.1) is 6.92 Å². The first-order valence-electron chi connectivity index (χ1n) is 9.92. The van der Waals surface area contributed by atoms with Crippen molar-refractivity contribution in [2.45, 2.75) is 59.4 Å². The molecule has 1 aromatic carbocycles. The molecule has 2 rings (SSSR count). The van der Waals surface area contributed by atoms with E-state index in [4.69, 9.17) is 0 Å². The van der Waals surface area contributed by atoms with Crippen LogP contribution in [0.15, 0.2) is 42.0 Å². The zero-order valence-corrected chi connectivity index (χ0v) is 17.0. The number of aryl methyl sites for hydroxylation is 1. The van der Waals surface area contributed by atoms with Gasteiger partial charge in [-0.25, -0.2) is 0 Å². The number of rotatable bonds is 8. The molecule has 2 atom stereocenters. The molecule has 25 heavy (non-hydrogen) atoms. The van der Waals surface area contributed by atoms with Crippen LogP contribution in [0.25, 0.3) is 0 Å². The summed E-state index contributed by atoms with van der Waals surface area (Å²) in [7, 11) is 2.24. The third-order valence-electron chi connectivity index (χ3n) is 5.58. The smallest absolute Gasteiger partial charge is 0.0408 e. The van der Waals surface area contributed by atoms with E-state index in [0.29, 0.717) is 12.0 Å². The van der Waals surface area contributed by atoms with Gasteiger partial charge in [0.05, 0.1) is 0 Å². The third-order valence-corrected chi connectivity index (χ3v) is 5.58. The second-order valence-electron chi connectivity index (χ2n) is 7.33. The average Bonchev–Trinajstić information content (AvgIpc) is 2.90. The van der Waals surface area contributed by atoms with E-state index in [2.05, 4.69) is 87.9 Å². The molecule has 1 aromatic rings. The lowest BCUT2D eigenvalue weighted by Crippen LogP contribution is -2.38. The van der Waals surface area contributed by atoms with Crippen molar-refractivity contribution in [3.63, 3.8) is 0 Å². The first-order valence-corrected chi connectivity index (χ1v) is 9.92. The summed E-state index contributed by atoms with van der Waals surface area (Å²) in [6.45, 7) is 14.5. The Labute approximate surface area is 155 Å². The molecule has 0 amide bonds. The number of hydrogen-bond donors (Lipinski definition) is 0. The molecule has 138 valence electrons. The standard InChI is InChI=1S/C23H36N2/c1-7-11-12-19(8-2)16-25-22(9-3)21(17-24(6)10-4)20-15-18(5)13-14-23(20)25/h7,11-15,21-22H,8-10,16-17H2,1-6H3/b11-7-,19-12+. The molecule has 0 N–H and O–H groups in total. The van der Waals surface area contributed by atoms with Gasteiger partial charge in [-0.15, -0.1) is 0 Å². The topological polar surface area (TPSA) is 6.48 Å². The molecule has 0 saturated carbocycles. The molecule has 0 aromatic heterocycles. The Morgan fingerprint density at radius 2 is 2.00 bits per heavy atom. The van der Waals surface area contributed by atoms with Crippen LogP contribution >= 0.6 is 0 Å². The summed E-state index contributed by atoms with van der Waals surface area (Å²) in [5.74, 6) is 0.602. The highest BCUT2D eigenvalue weighted by molar-refractivity contribution is 5.64. The Morgan fingerprint density at radius 3 is 2.60 bits per heavy atom. The van der Waals surface area contributed by atoms with Crippen molar-refractivity contribution in [3.05, 3.63) is 53.1 Å². The van der Waals surface area contributed by atoms with Crippen molar-refractivity contribution in [1.29, 1.82) is 0 Å². The van der Waals surface area contributed by atoms with Gasteiger partial charge in [-0.05, 0) is 51.9 Å². The number of likely N-dealkylation sites (N-methyl/N-ethyl adjacent to an activating group) is 1. The van der Waals surface area contributed by atoms with Gasteiger partial charge in [-0.2, -0.15) is 0 Å². The summed E-state index contributed by atoms with van der Waals surface area (Å²) in [6, 6.07) is 7.63. The molecule has 0 fully saturated rings. The molecule has 1 aliphatic rings. The Morgan fingerprint density at radius 1 is 1.24 bits per heavy atom. The fourth-order valence-corrected chi connectivity index (χ4v) is 3.96. The van der Waals surface area contributed by atoms with E-state index in [1.807, 2.05) is 0 Å². The van der Waals surface area contributed by atoms with Crippen LogP contribution in [0.1, 0.15) is 57.6 Å². The minimum atomic E-state index is 0.589. The van der Waals surface area contributed by atoms with Crippen LogP contribution in [-0.4, -0.2) is 37.6 Å². The van der Waals surface area contributed by atoms with Gasteiger partial charge in [0.1, 0.15) is 0 Å². The fourth-order valence-electron chi connectivity index (χ4n) is 3.96. The van der Waals surface area contributed by atoms with Crippen molar-refractivity contribution in [2.24, 2.45) is 0 Å². The van der Waals surface area contributed by atoms with E-state index in [1.165, 1.54) is 23.2 Å². The highest BCUT2D eigenvalue weighted by Crippen LogP contribution is 2.43. The number of benzene rings is 1. The van der Waals surface area contributed by atoms with Gasteiger partial charge in [0, 0.05) is 30.7 Å². The van der Waals surface area contributed by atoms with E-state index in [0.717, 1.165) is 26.1 Å². The Bertz CT molecular complexity index is 615. The molecule has 0 saturated heterocycles. The van der Waals surface area contributed by atoms with E-state index in [1.54, 1.807) is 5.56 Å². The Kier molecular flexibility index (Phi) is 7.31. The largest absolute Gasteiger partial charge is 0.364 e. The minimum Gasteiger partial charge on any atom is -0.364 e. The van der Waals surface area contributed by atoms with Crippen LogP contribution in [0.5, 0.6) is 0 Å². The molecule has 0 spiro atoms. The predicted octanol–water partition coefficient (Wildman–Crippen LogP) is 5.54. The summed E-state index contributed by atoms with van der Waals surface area (Å²) in [4.78, 5) is 5.13. The summed E-state index contributed by atoms with van der Waals surface area (Å²) in [6.07, 6.45) is 8.89. The lowest BCUT2D eigenvalue weighted by atomic mass is 9.92. The minimum absolute atomic E-state index is 0.589. The summed E-state index contributed by atoms with van der Waals surface area (Å²) in [5, 5.41) is 0. The monoisotopic (exact) mass is 340 g/mol. The molecule has 2 heteroatoms. The maximum atomic E-state index is 2.67. The zero-order valence-electron chi connectivity index (χ0n) is 17.0. The molecular weight excluding hydrogens is 304 g/mol. The lowest BCUT2D eigenvalue weighted by molar-refractivity contribution is 0.308. The van der Waals surface area contributed by atoms with Crippen LogP contribution in [0.3, 0.4) is 0 Å². The van der Waals surface area contributed by atoms with E-state index >= 15 is 0 Å². The number of hydrogen-bond acceptors (Lipinski definition) is 2. The van der Waals surface area contributed by atoms with Gasteiger partial charge in [-0.3, -0.25) is 0 Å². The van der Waals surface area contributed by atoms with Crippen LogP contribution in [0.2, 0.25) is 0 Å². The molecule has 1 heterocycles. The van der Waals surface area contributed by atoms with Gasteiger partial charge in [0.15, 0.2) is 0 Å². The average molecular weight is 341 g/mol. The third kappa shape index (κ3) is 4.55. The lowest BCUT2D eigenvalue weighted by Gasteiger charge is -2.32. The van der Waals surface area contributed by atoms with Gasteiger partial charge < -0.3 is 9.80 Å². The maximum Gasteiger partial charge on any atom is 0.0408 e. The van der Waals surface area contributed by atoms with Crippen molar-refractivity contribution >= 4 is 5.69 Å².